The van der Waals surface area contributed by atoms with Crippen LogP contribution >= 0.6 is 0 Å². The fourth-order valence-electron chi connectivity index (χ4n) is 1.71. The van der Waals surface area contributed by atoms with Crippen molar-refractivity contribution in [3.05, 3.63) is 36.0 Å². The van der Waals surface area contributed by atoms with Gasteiger partial charge < -0.3 is 9.67 Å². The highest BCUT2D eigenvalue weighted by Gasteiger charge is 2.04. The zero-order valence-electron chi connectivity index (χ0n) is 7.70. The van der Waals surface area contributed by atoms with Gasteiger partial charge >= 0.3 is 0 Å². The van der Waals surface area contributed by atoms with Crippen LogP contribution in [-0.4, -0.2) is 9.67 Å². The SMILES string of the molecule is CCn1cc(CO)c2ccccc21. The molecule has 2 aromatic rings. The highest BCUT2D eigenvalue weighted by atomic mass is 16.3. The van der Waals surface area contributed by atoms with Gasteiger partial charge in [0.2, 0.25) is 0 Å². The molecule has 1 aromatic heterocycles. The summed E-state index contributed by atoms with van der Waals surface area (Å²) >= 11 is 0. The Balaban J connectivity index is 2.74. The van der Waals surface area contributed by atoms with Gasteiger partial charge in [0.1, 0.15) is 0 Å². The Labute approximate surface area is 77.4 Å². The quantitative estimate of drug-likeness (QED) is 0.743. The molecule has 0 unspecified atom stereocenters. The lowest BCUT2D eigenvalue weighted by Gasteiger charge is -1.98. The van der Waals surface area contributed by atoms with Crippen molar-refractivity contribution in [2.75, 3.05) is 0 Å². The predicted octanol–water partition coefficient (Wildman–Crippen LogP) is 2.15. The number of rotatable bonds is 2. The average Bonchev–Trinajstić information content (AvgIpc) is 2.56. The minimum atomic E-state index is 0.119. The molecule has 0 bridgehead atoms. The van der Waals surface area contributed by atoms with Gasteiger partial charge in [-0.1, -0.05) is 18.2 Å². The van der Waals surface area contributed by atoms with Gasteiger partial charge in [-0.05, 0) is 13.0 Å². The van der Waals surface area contributed by atoms with Crippen LogP contribution in [0.4, 0.5) is 0 Å². The molecule has 1 N–H and O–H groups in total. The Morgan fingerprint density at radius 2 is 2.08 bits per heavy atom. The van der Waals surface area contributed by atoms with Crippen molar-refractivity contribution < 1.29 is 5.11 Å². The number of hydrogen-bond acceptors (Lipinski definition) is 1. The van der Waals surface area contributed by atoms with E-state index in [1.54, 1.807) is 0 Å². The fraction of sp³-hybridized carbons (Fsp3) is 0.273. The molecule has 0 spiro atoms. The van der Waals surface area contributed by atoms with E-state index >= 15 is 0 Å². The van der Waals surface area contributed by atoms with Crippen molar-refractivity contribution in [1.29, 1.82) is 0 Å². The Morgan fingerprint density at radius 3 is 2.77 bits per heavy atom. The van der Waals surface area contributed by atoms with E-state index in [0.29, 0.717) is 0 Å². The molecule has 2 rings (SSSR count). The number of aliphatic hydroxyl groups excluding tert-OH is 1. The summed E-state index contributed by atoms with van der Waals surface area (Å²) in [6.45, 7) is 3.17. The summed E-state index contributed by atoms with van der Waals surface area (Å²) in [7, 11) is 0. The number of aliphatic hydroxyl groups is 1. The standard InChI is InChI=1S/C11H13NO/c1-2-12-7-9(8-13)10-5-3-4-6-11(10)12/h3-7,13H,2,8H2,1H3. The number of benzene rings is 1. The van der Waals surface area contributed by atoms with Crippen LogP contribution in [0.15, 0.2) is 30.5 Å². The second kappa shape index (κ2) is 3.23. The van der Waals surface area contributed by atoms with Gasteiger partial charge in [-0.15, -0.1) is 0 Å². The molecule has 0 saturated heterocycles. The van der Waals surface area contributed by atoms with E-state index in [2.05, 4.69) is 17.6 Å². The predicted molar refractivity (Wildman–Crippen MR) is 53.5 cm³/mol. The van der Waals surface area contributed by atoms with Crippen LogP contribution in [0.25, 0.3) is 10.9 Å². The first kappa shape index (κ1) is 8.32. The van der Waals surface area contributed by atoms with Gasteiger partial charge in [0.25, 0.3) is 0 Å². The zero-order chi connectivity index (χ0) is 9.26. The van der Waals surface area contributed by atoms with Gasteiger partial charge in [-0.25, -0.2) is 0 Å². The molecule has 0 aliphatic carbocycles. The van der Waals surface area contributed by atoms with Gasteiger partial charge in [0, 0.05) is 29.2 Å². The molecule has 0 radical (unpaired) electrons. The Hall–Kier alpha value is -1.28. The number of aromatic nitrogens is 1. The second-order valence-corrected chi connectivity index (χ2v) is 3.12. The lowest BCUT2D eigenvalue weighted by Crippen LogP contribution is -1.89. The normalized spacial score (nSPS) is 10.9. The molecule has 0 fully saturated rings. The van der Waals surface area contributed by atoms with Gasteiger partial charge in [0.05, 0.1) is 6.61 Å². The molecule has 0 saturated carbocycles. The Morgan fingerprint density at radius 1 is 1.31 bits per heavy atom. The van der Waals surface area contributed by atoms with Crippen molar-refractivity contribution in [2.45, 2.75) is 20.1 Å². The monoisotopic (exact) mass is 175 g/mol. The van der Waals surface area contributed by atoms with Crippen LogP contribution in [0.5, 0.6) is 0 Å². The molecule has 0 aliphatic heterocycles. The maximum absolute atomic E-state index is 9.13. The second-order valence-electron chi connectivity index (χ2n) is 3.12. The highest BCUT2D eigenvalue weighted by molar-refractivity contribution is 5.83. The molecule has 0 atom stereocenters. The third kappa shape index (κ3) is 1.23. The lowest BCUT2D eigenvalue weighted by molar-refractivity contribution is 0.283. The smallest absolute Gasteiger partial charge is 0.0702 e. The first-order chi connectivity index (χ1) is 6.36. The maximum atomic E-state index is 9.13. The summed E-state index contributed by atoms with van der Waals surface area (Å²) in [5, 5.41) is 10.3. The third-order valence-electron chi connectivity index (χ3n) is 2.38. The van der Waals surface area contributed by atoms with E-state index in [1.165, 1.54) is 5.52 Å². The van der Waals surface area contributed by atoms with Crippen LogP contribution < -0.4 is 0 Å². The maximum Gasteiger partial charge on any atom is 0.0702 e. The van der Waals surface area contributed by atoms with E-state index in [-0.39, 0.29) is 6.61 Å². The first-order valence-corrected chi connectivity index (χ1v) is 4.54. The minimum Gasteiger partial charge on any atom is -0.392 e. The number of para-hydroxylation sites is 1. The molecule has 1 heterocycles. The Bertz CT molecular complexity index is 379. The number of hydrogen-bond donors (Lipinski definition) is 1. The van der Waals surface area contributed by atoms with Crippen molar-refractivity contribution in [1.82, 2.24) is 4.57 Å². The van der Waals surface area contributed by atoms with E-state index in [1.807, 2.05) is 24.4 Å². The molecule has 68 valence electrons. The van der Waals surface area contributed by atoms with Crippen molar-refractivity contribution in [2.24, 2.45) is 0 Å². The Kier molecular flexibility index (Phi) is 2.07. The molecule has 2 nitrogen and oxygen atoms in total. The largest absolute Gasteiger partial charge is 0.392 e. The molecule has 0 amide bonds. The van der Waals surface area contributed by atoms with Crippen LogP contribution in [-0.2, 0) is 13.2 Å². The zero-order valence-corrected chi connectivity index (χ0v) is 7.70. The lowest BCUT2D eigenvalue weighted by atomic mass is 10.2. The number of aryl methyl sites for hydroxylation is 1. The van der Waals surface area contributed by atoms with Gasteiger partial charge in [-0.2, -0.15) is 0 Å². The molecule has 13 heavy (non-hydrogen) atoms. The van der Waals surface area contributed by atoms with E-state index < -0.39 is 0 Å². The molecule has 2 heteroatoms. The fourth-order valence-corrected chi connectivity index (χ4v) is 1.71. The highest BCUT2D eigenvalue weighted by Crippen LogP contribution is 2.20. The summed E-state index contributed by atoms with van der Waals surface area (Å²) in [6.07, 6.45) is 2.02. The molecular weight excluding hydrogens is 162 g/mol. The number of nitrogens with zero attached hydrogens (tertiary/aromatic N) is 1. The average molecular weight is 175 g/mol. The summed E-state index contributed by atoms with van der Waals surface area (Å²) in [5.41, 5.74) is 2.21. The van der Waals surface area contributed by atoms with E-state index in [0.717, 1.165) is 17.5 Å². The summed E-state index contributed by atoms with van der Waals surface area (Å²) in [5.74, 6) is 0. The third-order valence-corrected chi connectivity index (χ3v) is 2.38. The molecular formula is C11H13NO. The van der Waals surface area contributed by atoms with Gasteiger partial charge in [0.15, 0.2) is 0 Å². The summed E-state index contributed by atoms with van der Waals surface area (Å²) in [4.78, 5) is 0. The van der Waals surface area contributed by atoms with E-state index in [9.17, 15) is 0 Å². The topological polar surface area (TPSA) is 25.2 Å². The summed E-state index contributed by atoms with van der Waals surface area (Å²) < 4.78 is 2.15. The number of fused-ring (bicyclic) bond motifs is 1. The molecule has 0 aliphatic rings. The van der Waals surface area contributed by atoms with Crippen molar-refractivity contribution in [3.8, 4) is 0 Å². The van der Waals surface area contributed by atoms with Crippen LogP contribution in [0, 0.1) is 0 Å². The minimum absolute atomic E-state index is 0.119. The summed E-state index contributed by atoms with van der Waals surface area (Å²) in [6, 6.07) is 8.15. The van der Waals surface area contributed by atoms with Crippen molar-refractivity contribution in [3.63, 3.8) is 0 Å². The molecule has 1 aromatic carbocycles. The van der Waals surface area contributed by atoms with E-state index in [4.69, 9.17) is 5.11 Å². The first-order valence-electron chi connectivity index (χ1n) is 4.54. The van der Waals surface area contributed by atoms with Crippen LogP contribution in [0.2, 0.25) is 0 Å². The van der Waals surface area contributed by atoms with Gasteiger partial charge in [-0.3, -0.25) is 0 Å². The van der Waals surface area contributed by atoms with Crippen LogP contribution in [0.1, 0.15) is 12.5 Å². The van der Waals surface area contributed by atoms with Crippen LogP contribution in [0.3, 0.4) is 0 Å². The van der Waals surface area contributed by atoms with Crippen molar-refractivity contribution >= 4 is 10.9 Å².